The van der Waals surface area contributed by atoms with E-state index in [2.05, 4.69) is 48.6 Å². The number of carbonyl (C=O) groups excluding carboxylic acids is 1. The largest absolute Gasteiger partial charge is 0.355 e. The molecular formula is C16H17NO. The van der Waals surface area contributed by atoms with Gasteiger partial charge in [0.1, 0.15) is 0 Å². The van der Waals surface area contributed by atoms with Crippen LogP contribution < -0.4 is 5.32 Å². The molecule has 2 rings (SSSR count). The molecule has 0 saturated heterocycles. The number of hydrogen-bond acceptors (Lipinski definition) is 1. The van der Waals surface area contributed by atoms with Gasteiger partial charge in [-0.25, -0.2) is 0 Å². The molecule has 1 amide bonds. The van der Waals surface area contributed by atoms with Crippen LogP contribution >= 0.6 is 0 Å². The van der Waals surface area contributed by atoms with E-state index in [9.17, 15) is 4.79 Å². The van der Waals surface area contributed by atoms with Crippen LogP contribution in [0.3, 0.4) is 0 Å². The van der Waals surface area contributed by atoms with Gasteiger partial charge in [-0.1, -0.05) is 54.1 Å². The second-order valence-corrected chi connectivity index (χ2v) is 4.48. The van der Waals surface area contributed by atoms with Crippen molar-refractivity contribution in [3.05, 3.63) is 70.8 Å². The zero-order valence-corrected chi connectivity index (χ0v) is 10.5. The van der Waals surface area contributed by atoms with Crippen LogP contribution in [0.15, 0.2) is 48.5 Å². The summed E-state index contributed by atoms with van der Waals surface area (Å²) >= 11 is 0. The van der Waals surface area contributed by atoms with Crippen molar-refractivity contribution in [2.24, 2.45) is 0 Å². The Balaban J connectivity index is 2.11. The number of hydrogen-bond donors (Lipinski definition) is 1. The lowest BCUT2D eigenvalue weighted by atomic mass is 10.0. The summed E-state index contributed by atoms with van der Waals surface area (Å²) in [5, 5.41) is 2.68. The van der Waals surface area contributed by atoms with Crippen LogP contribution in [0, 0.1) is 6.92 Å². The Bertz CT molecular complexity index is 534. The van der Waals surface area contributed by atoms with Gasteiger partial charge in [-0.05, 0) is 30.0 Å². The third kappa shape index (κ3) is 3.45. The Kier molecular flexibility index (Phi) is 4.13. The van der Waals surface area contributed by atoms with Crippen LogP contribution in [-0.4, -0.2) is 6.41 Å². The minimum Gasteiger partial charge on any atom is -0.355 e. The molecular weight excluding hydrogens is 222 g/mol. The fourth-order valence-electron chi connectivity index (χ4n) is 2.07. The van der Waals surface area contributed by atoms with Crippen molar-refractivity contribution < 1.29 is 4.79 Å². The maximum Gasteiger partial charge on any atom is 0.207 e. The van der Waals surface area contributed by atoms with E-state index in [4.69, 9.17) is 0 Å². The Morgan fingerprint density at radius 2 is 1.67 bits per heavy atom. The van der Waals surface area contributed by atoms with Gasteiger partial charge in [0.15, 0.2) is 0 Å². The average molecular weight is 239 g/mol. The highest BCUT2D eigenvalue weighted by molar-refractivity contribution is 5.46. The number of aryl methyl sites for hydroxylation is 1. The number of nitrogens with one attached hydrogen (secondary N) is 1. The molecule has 92 valence electrons. The Morgan fingerprint density at radius 3 is 2.39 bits per heavy atom. The van der Waals surface area contributed by atoms with Crippen molar-refractivity contribution in [1.29, 1.82) is 0 Å². The Labute approximate surface area is 108 Å². The van der Waals surface area contributed by atoms with Crippen molar-refractivity contribution in [3.8, 4) is 0 Å². The van der Waals surface area contributed by atoms with Crippen LogP contribution in [0.2, 0.25) is 0 Å². The molecule has 0 bridgehead atoms. The minimum atomic E-state index is 0.588. The zero-order chi connectivity index (χ0) is 12.8. The second kappa shape index (κ2) is 6.01. The molecule has 1 N–H and O–H groups in total. The van der Waals surface area contributed by atoms with Crippen LogP contribution in [-0.2, 0) is 17.8 Å². The fourth-order valence-corrected chi connectivity index (χ4v) is 2.07. The standard InChI is InChI=1S/C16H17NO/c1-13-4-2-5-14(8-13)9-15-6-3-7-16(10-15)11-17-12-18/h2-8,10,12H,9,11H2,1H3,(H,17,18). The molecule has 0 aliphatic rings. The topological polar surface area (TPSA) is 29.1 Å². The molecule has 0 unspecified atom stereocenters. The summed E-state index contributed by atoms with van der Waals surface area (Å²) in [6.07, 6.45) is 1.66. The Morgan fingerprint density at radius 1 is 1.00 bits per heavy atom. The van der Waals surface area contributed by atoms with E-state index in [1.54, 1.807) is 0 Å². The predicted octanol–water partition coefficient (Wildman–Crippen LogP) is 2.83. The molecule has 2 aromatic rings. The molecule has 0 radical (unpaired) electrons. The first-order chi connectivity index (χ1) is 8.78. The van der Waals surface area contributed by atoms with E-state index < -0.39 is 0 Å². The molecule has 0 aliphatic heterocycles. The van der Waals surface area contributed by atoms with Crippen LogP contribution in [0.25, 0.3) is 0 Å². The number of rotatable bonds is 5. The van der Waals surface area contributed by atoms with Crippen molar-refractivity contribution in [2.45, 2.75) is 19.9 Å². The first kappa shape index (κ1) is 12.4. The maximum absolute atomic E-state index is 10.3. The first-order valence-electron chi connectivity index (χ1n) is 6.08. The van der Waals surface area contributed by atoms with Gasteiger partial charge in [0, 0.05) is 6.54 Å². The highest BCUT2D eigenvalue weighted by atomic mass is 16.1. The molecule has 0 aliphatic carbocycles. The van der Waals surface area contributed by atoms with Crippen molar-refractivity contribution in [3.63, 3.8) is 0 Å². The van der Waals surface area contributed by atoms with Gasteiger partial charge in [-0.3, -0.25) is 4.79 Å². The second-order valence-electron chi connectivity index (χ2n) is 4.48. The highest BCUT2D eigenvalue weighted by Gasteiger charge is 1.98. The van der Waals surface area contributed by atoms with Crippen molar-refractivity contribution in [1.82, 2.24) is 5.32 Å². The molecule has 2 heteroatoms. The summed E-state index contributed by atoms with van der Waals surface area (Å²) in [7, 11) is 0. The molecule has 2 aromatic carbocycles. The van der Waals surface area contributed by atoms with E-state index in [1.807, 2.05) is 12.1 Å². The minimum absolute atomic E-state index is 0.588. The van der Waals surface area contributed by atoms with Crippen molar-refractivity contribution >= 4 is 6.41 Å². The van der Waals surface area contributed by atoms with Crippen LogP contribution in [0.5, 0.6) is 0 Å². The smallest absolute Gasteiger partial charge is 0.207 e. The van der Waals surface area contributed by atoms with E-state index in [0.29, 0.717) is 6.54 Å². The third-order valence-corrected chi connectivity index (χ3v) is 2.87. The summed E-state index contributed by atoms with van der Waals surface area (Å²) < 4.78 is 0. The van der Waals surface area contributed by atoms with E-state index in [1.165, 1.54) is 16.7 Å². The molecule has 0 atom stereocenters. The number of carbonyl (C=O) groups is 1. The van der Waals surface area contributed by atoms with E-state index in [0.717, 1.165) is 18.4 Å². The molecule has 0 fully saturated rings. The van der Waals surface area contributed by atoms with Gasteiger partial charge in [0.05, 0.1) is 0 Å². The van der Waals surface area contributed by atoms with Crippen LogP contribution in [0.4, 0.5) is 0 Å². The van der Waals surface area contributed by atoms with Gasteiger partial charge in [-0.2, -0.15) is 0 Å². The number of benzene rings is 2. The van der Waals surface area contributed by atoms with Gasteiger partial charge in [-0.15, -0.1) is 0 Å². The summed E-state index contributed by atoms with van der Waals surface area (Å²) in [5.41, 5.74) is 5.00. The zero-order valence-electron chi connectivity index (χ0n) is 10.5. The average Bonchev–Trinajstić information content (AvgIpc) is 2.37. The third-order valence-electron chi connectivity index (χ3n) is 2.87. The van der Waals surface area contributed by atoms with E-state index >= 15 is 0 Å². The Hall–Kier alpha value is -2.09. The summed E-state index contributed by atoms with van der Waals surface area (Å²) in [5.74, 6) is 0. The molecule has 0 saturated carbocycles. The van der Waals surface area contributed by atoms with Crippen molar-refractivity contribution in [2.75, 3.05) is 0 Å². The quantitative estimate of drug-likeness (QED) is 0.799. The van der Waals surface area contributed by atoms with Crippen LogP contribution in [0.1, 0.15) is 22.3 Å². The van der Waals surface area contributed by atoms with Gasteiger partial charge >= 0.3 is 0 Å². The SMILES string of the molecule is Cc1cccc(Cc2cccc(CNC=O)c2)c1. The van der Waals surface area contributed by atoms with Gasteiger partial charge in [0.25, 0.3) is 0 Å². The summed E-state index contributed by atoms with van der Waals surface area (Å²) in [6.45, 7) is 2.69. The highest BCUT2D eigenvalue weighted by Crippen LogP contribution is 2.12. The van der Waals surface area contributed by atoms with Gasteiger partial charge in [0.2, 0.25) is 6.41 Å². The fraction of sp³-hybridized carbons (Fsp3) is 0.188. The predicted molar refractivity (Wildman–Crippen MR) is 73.3 cm³/mol. The molecule has 0 heterocycles. The normalized spacial score (nSPS) is 10.1. The lowest BCUT2D eigenvalue weighted by Gasteiger charge is -2.06. The first-order valence-corrected chi connectivity index (χ1v) is 6.08. The number of amides is 1. The lowest BCUT2D eigenvalue weighted by Crippen LogP contribution is -2.09. The lowest BCUT2D eigenvalue weighted by molar-refractivity contribution is -0.109. The molecule has 2 nitrogen and oxygen atoms in total. The molecule has 0 aromatic heterocycles. The monoisotopic (exact) mass is 239 g/mol. The molecule has 18 heavy (non-hydrogen) atoms. The maximum atomic E-state index is 10.3. The van der Waals surface area contributed by atoms with E-state index in [-0.39, 0.29) is 0 Å². The molecule has 0 spiro atoms. The van der Waals surface area contributed by atoms with Gasteiger partial charge < -0.3 is 5.32 Å². The summed E-state index contributed by atoms with van der Waals surface area (Å²) in [6, 6.07) is 16.9. The summed E-state index contributed by atoms with van der Waals surface area (Å²) in [4.78, 5) is 10.3.